The highest BCUT2D eigenvalue weighted by Gasteiger charge is 2.32. The minimum absolute atomic E-state index is 0.230. The number of halogens is 3. The molecule has 1 aliphatic carbocycles. The van der Waals surface area contributed by atoms with Crippen molar-refractivity contribution in [3.63, 3.8) is 0 Å². The second-order valence-electron chi connectivity index (χ2n) is 4.65. The molecular formula is C13H16F3NO2. The largest absolute Gasteiger partial charge is 0.573 e. The van der Waals surface area contributed by atoms with Crippen LogP contribution in [0.2, 0.25) is 0 Å². The summed E-state index contributed by atoms with van der Waals surface area (Å²) in [5.41, 5.74) is 0.255. The van der Waals surface area contributed by atoms with Gasteiger partial charge in [-0.25, -0.2) is 0 Å². The molecule has 0 amide bonds. The molecule has 2 rings (SSSR count). The molecule has 2 atom stereocenters. The Morgan fingerprint density at radius 3 is 2.53 bits per heavy atom. The van der Waals surface area contributed by atoms with Crippen LogP contribution in [0.3, 0.4) is 0 Å². The first kappa shape index (κ1) is 14.0. The quantitative estimate of drug-likeness (QED) is 0.889. The molecule has 3 nitrogen and oxygen atoms in total. The van der Waals surface area contributed by atoms with Crippen molar-refractivity contribution in [1.29, 1.82) is 0 Å². The highest BCUT2D eigenvalue weighted by Crippen LogP contribution is 2.32. The summed E-state index contributed by atoms with van der Waals surface area (Å²) in [6, 6.07) is 5.64. The lowest BCUT2D eigenvalue weighted by atomic mass is 9.92. The summed E-state index contributed by atoms with van der Waals surface area (Å²) < 4.78 is 40.8. The van der Waals surface area contributed by atoms with Gasteiger partial charge in [-0.2, -0.15) is 0 Å². The van der Waals surface area contributed by atoms with Crippen LogP contribution in [0, 0.1) is 0 Å². The van der Waals surface area contributed by atoms with E-state index in [1.165, 1.54) is 18.2 Å². The van der Waals surface area contributed by atoms with E-state index < -0.39 is 12.5 Å². The molecule has 1 saturated carbocycles. The highest BCUT2D eigenvalue weighted by atomic mass is 19.4. The Hall–Kier alpha value is -1.43. The van der Waals surface area contributed by atoms with Crippen molar-refractivity contribution in [1.82, 2.24) is 0 Å². The topological polar surface area (TPSA) is 41.5 Å². The number of aliphatic hydroxyl groups excluding tert-OH is 1. The first-order valence-electron chi connectivity index (χ1n) is 6.25. The summed E-state index contributed by atoms with van der Waals surface area (Å²) in [6.45, 7) is 0. The maximum absolute atomic E-state index is 12.3. The molecule has 1 aromatic carbocycles. The van der Waals surface area contributed by atoms with Gasteiger partial charge in [0.15, 0.2) is 5.75 Å². The lowest BCUT2D eigenvalue weighted by molar-refractivity contribution is -0.274. The number of hydrogen-bond donors (Lipinski definition) is 2. The minimum Gasteiger partial charge on any atom is -0.404 e. The van der Waals surface area contributed by atoms with Crippen LogP contribution in [0.1, 0.15) is 25.7 Å². The number of anilines is 1. The van der Waals surface area contributed by atoms with Gasteiger partial charge in [0.25, 0.3) is 0 Å². The Morgan fingerprint density at radius 2 is 1.84 bits per heavy atom. The van der Waals surface area contributed by atoms with Crippen molar-refractivity contribution in [3.8, 4) is 5.75 Å². The van der Waals surface area contributed by atoms with Gasteiger partial charge in [0, 0.05) is 0 Å². The Kier molecular flexibility index (Phi) is 4.19. The molecule has 2 N–H and O–H groups in total. The number of para-hydroxylation sites is 2. The van der Waals surface area contributed by atoms with E-state index in [9.17, 15) is 18.3 Å². The summed E-state index contributed by atoms with van der Waals surface area (Å²) in [4.78, 5) is 0. The molecule has 6 heteroatoms. The van der Waals surface area contributed by atoms with Crippen molar-refractivity contribution in [2.75, 3.05) is 5.32 Å². The summed E-state index contributed by atoms with van der Waals surface area (Å²) in [7, 11) is 0. The van der Waals surface area contributed by atoms with E-state index in [0.29, 0.717) is 6.42 Å². The van der Waals surface area contributed by atoms with Gasteiger partial charge >= 0.3 is 6.36 Å². The zero-order chi connectivity index (χ0) is 13.9. The number of nitrogens with one attached hydrogen (secondary N) is 1. The molecule has 1 aromatic rings. The predicted octanol–water partition coefficient (Wildman–Crippen LogP) is 3.30. The number of hydrogen-bond acceptors (Lipinski definition) is 3. The summed E-state index contributed by atoms with van der Waals surface area (Å²) in [5, 5.41) is 12.8. The molecule has 0 saturated heterocycles. The van der Waals surface area contributed by atoms with Gasteiger partial charge < -0.3 is 15.2 Å². The number of ether oxygens (including phenoxy) is 1. The second-order valence-corrected chi connectivity index (χ2v) is 4.65. The molecule has 0 unspecified atom stereocenters. The number of rotatable bonds is 3. The molecule has 19 heavy (non-hydrogen) atoms. The number of benzene rings is 1. The molecule has 0 spiro atoms. The SMILES string of the molecule is O[C@H]1CCCC[C@@H]1Nc1ccccc1OC(F)(F)F. The van der Waals surface area contributed by atoms with Crippen molar-refractivity contribution < 1.29 is 23.0 Å². The number of aliphatic hydroxyl groups is 1. The van der Waals surface area contributed by atoms with Gasteiger partial charge in [-0.05, 0) is 25.0 Å². The third-order valence-electron chi connectivity index (χ3n) is 3.18. The van der Waals surface area contributed by atoms with E-state index in [1.54, 1.807) is 6.07 Å². The van der Waals surface area contributed by atoms with Gasteiger partial charge in [-0.3, -0.25) is 0 Å². The van der Waals surface area contributed by atoms with Crippen LogP contribution in [0.15, 0.2) is 24.3 Å². The van der Waals surface area contributed by atoms with Gasteiger partial charge in [0.2, 0.25) is 0 Å². The lowest BCUT2D eigenvalue weighted by Crippen LogP contribution is -2.36. The van der Waals surface area contributed by atoms with Gasteiger partial charge in [-0.15, -0.1) is 13.2 Å². The van der Waals surface area contributed by atoms with E-state index in [-0.39, 0.29) is 17.5 Å². The van der Waals surface area contributed by atoms with Crippen LogP contribution >= 0.6 is 0 Å². The van der Waals surface area contributed by atoms with E-state index in [1.807, 2.05) is 0 Å². The van der Waals surface area contributed by atoms with Crippen LogP contribution < -0.4 is 10.1 Å². The smallest absolute Gasteiger partial charge is 0.404 e. The van der Waals surface area contributed by atoms with E-state index in [2.05, 4.69) is 10.1 Å². The Morgan fingerprint density at radius 1 is 1.16 bits per heavy atom. The maximum atomic E-state index is 12.3. The first-order valence-corrected chi connectivity index (χ1v) is 6.25. The molecule has 0 heterocycles. The predicted molar refractivity (Wildman–Crippen MR) is 65.0 cm³/mol. The molecule has 0 bridgehead atoms. The van der Waals surface area contributed by atoms with Crippen molar-refractivity contribution >= 4 is 5.69 Å². The maximum Gasteiger partial charge on any atom is 0.573 e. The Labute approximate surface area is 109 Å². The normalized spacial score (nSPS) is 24.0. The zero-order valence-electron chi connectivity index (χ0n) is 10.3. The molecule has 1 aliphatic rings. The molecule has 0 radical (unpaired) electrons. The monoisotopic (exact) mass is 275 g/mol. The van der Waals surface area contributed by atoms with Crippen molar-refractivity contribution in [2.45, 2.75) is 44.2 Å². The molecule has 0 aromatic heterocycles. The van der Waals surface area contributed by atoms with Crippen LogP contribution in [0.4, 0.5) is 18.9 Å². The molecular weight excluding hydrogens is 259 g/mol. The van der Waals surface area contributed by atoms with Crippen molar-refractivity contribution in [3.05, 3.63) is 24.3 Å². The highest BCUT2D eigenvalue weighted by molar-refractivity contribution is 5.57. The van der Waals surface area contributed by atoms with E-state index >= 15 is 0 Å². The minimum atomic E-state index is -4.72. The fraction of sp³-hybridized carbons (Fsp3) is 0.538. The lowest BCUT2D eigenvalue weighted by Gasteiger charge is -2.29. The van der Waals surface area contributed by atoms with Crippen LogP contribution in [-0.4, -0.2) is 23.6 Å². The van der Waals surface area contributed by atoms with Crippen LogP contribution in [0.25, 0.3) is 0 Å². The van der Waals surface area contributed by atoms with Crippen molar-refractivity contribution in [2.24, 2.45) is 0 Å². The average Bonchev–Trinajstić information content (AvgIpc) is 2.33. The van der Waals surface area contributed by atoms with E-state index in [4.69, 9.17) is 0 Å². The fourth-order valence-electron chi connectivity index (χ4n) is 2.28. The first-order chi connectivity index (χ1) is 8.96. The Bertz CT molecular complexity index is 423. The third kappa shape index (κ3) is 4.02. The third-order valence-corrected chi connectivity index (χ3v) is 3.18. The standard InChI is InChI=1S/C13H16F3NO2/c14-13(15,16)19-12-8-4-2-6-10(12)17-9-5-1-3-7-11(9)18/h2,4,6,8-9,11,17-18H,1,3,5,7H2/t9-,11-/m0/s1. The average molecular weight is 275 g/mol. The zero-order valence-corrected chi connectivity index (χ0v) is 10.3. The fourth-order valence-corrected chi connectivity index (χ4v) is 2.28. The molecule has 1 fully saturated rings. The van der Waals surface area contributed by atoms with E-state index in [0.717, 1.165) is 19.3 Å². The Balaban J connectivity index is 2.11. The van der Waals surface area contributed by atoms with Gasteiger partial charge in [-0.1, -0.05) is 25.0 Å². The molecule has 106 valence electrons. The molecule has 0 aliphatic heterocycles. The summed E-state index contributed by atoms with van der Waals surface area (Å²) in [5.74, 6) is -0.271. The number of alkyl halides is 3. The summed E-state index contributed by atoms with van der Waals surface area (Å²) in [6.07, 6.45) is -1.95. The van der Waals surface area contributed by atoms with Gasteiger partial charge in [0.1, 0.15) is 0 Å². The van der Waals surface area contributed by atoms with Gasteiger partial charge in [0.05, 0.1) is 17.8 Å². The van der Waals surface area contributed by atoms with Crippen LogP contribution in [-0.2, 0) is 0 Å². The second kappa shape index (κ2) is 5.69. The van der Waals surface area contributed by atoms with Crippen LogP contribution in [0.5, 0.6) is 5.75 Å². The summed E-state index contributed by atoms with van der Waals surface area (Å²) >= 11 is 0.